The molecule has 0 unspecified atom stereocenters. The predicted octanol–water partition coefficient (Wildman–Crippen LogP) is 1.75. The number of carbonyl (C=O) groups excluding carboxylic acids is 2. The van der Waals surface area contributed by atoms with Gasteiger partial charge in [-0.15, -0.1) is 0 Å². The number of unbranched alkanes of at least 4 members (excludes halogenated alkanes) is 3. The number of aliphatic hydroxyl groups excluding tert-OH is 2. The van der Waals surface area contributed by atoms with Gasteiger partial charge in [-0.1, -0.05) is 12.8 Å². The van der Waals surface area contributed by atoms with E-state index in [4.69, 9.17) is 24.4 Å². The number of fused-ring (bicyclic) bond motifs is 3. The monoisotopic (exact) mass is 987 g/mol. The summed E-state index contributed by atoms with van der Waals surface area (Å²) in [5.74, 6) is -2.20. The van der Waals surface area contributed by atoms with Crippen molar-refractivity contribution >= 4 is 55.9 Å². The molecule has 5 heterocycles. The van der Waals surface area contributed by atoms with E-state index in [1.165, 1.54) is 65.8 Å². The number of nitrogens with one attached hydrogen (secondary N) is 3. The number of carbonyl (C=O) groups is 3. The predicted molar refractivity (Wildman–Crippen MR) is 251 cm³/mol. The van der Waals surface area contributed by atoms with Gasteiger partial charge in [0, 0.05) is 60.5 Å². The number of rotatable bonds is 22. The summed E-state index contributed by atoms with van der Waals surface area (Å²) in [6.07, 6.45) is 0.797. The zero-order valence-corrected chi connectivity index (χ0v) is 38.5. The van der Waals surface area contributed by atoms with Crippen molar-refractivity contribution in [3.05, 3.63) is 88.6 Å². The second-order valence-electron chi connectivity index (χ2n) is 16.9. The van der Waals surface area contributed by atoms with Gasteiger partial charge in [0.2, 0.25) is 0 Å². The Labute approximate surface area is 400 Å². The Balaban J connectivity index is 0.777. The van der Waals surface area contributed by atoms with Gasteiger partial charge >= 0.3 is 16.2 Å². The van der Waals surface area contributed by atoms with E-state index in [1.807, 2.05) is 0 Å². The minimum Gasteiger partial charge on any atom is -0.508 e. The Bertz CT molecular complexity index is 3000. The second kappa shape index (κ2) is 22.0. The van der Waals surface area contributed by atoms with Gasteiger partial charge < -0.3 is 55.4 Å². The van der Waals surface area contributed by atoms with Crippen molar-refractivity contribution in [1.82, 2.24) is 39.2 Å². The van der Waals surface area contributed by atoms with E-state index >= 15 is 0 Å². The minimum atomic E-state index is -4.40. The van der Waals surface area contributed by atoms with Crippen LogP contribution in [0.4, 0.5) is 5.82 Å². The van der Waals surface area contributed by atoms with Gasteiger partial charge in [-0.2, -0.15) is 12.7 Å². The summed E-state index contributed by atoms with van der Waals surface area (Å²) in [6, 6.07) is 12.0. The number of carboxylic acids is 1. The van der Waals surface area contributed by atoms with E-state index in [1.54, 1.807) is 6.07 Å². The van der Waals surface area contributed by atoms with Crippen molar-refractivity contribution in [3.63, 3.8) is 0 Å². The van der Waals surface area contributed by atoms with Crippen LogP contribution in [-0.2, 0) is 29.2 Å². The number of amides is 2. The highest BCUT2D eigenvalue weighted by Gasteiger charge is 2.46. The lowest BCUT2D eigenvalue weighted by molar-refractivity contribution is -0.121. The number of hydrogen-bond acceptors (Lipinski definition) is 18. The van der Waals surface area contributed by atoms with E-state index in [0.29, 0.717) is 61.8 Å². The molecular formula is C46H53N9O14S. The van der Waals surface area contributed by atoms with Gasteiger partial charge in [0.25, 0.3) is 11.8 Å². The van der Waals surface area contributed by atoms with Crippen molar-refractivity contribution in [2.75, 3.05) is 58.3 Å². The topological polar surface area (TPSA) is 333 Å². The zero-order valence-electron chi connectivity index (χ0n) is 37.7. The van der Waals surface area contributed by atoms with Gasteiger partial charge in [-0.3, -0.25) is 19.0 Å². The van der Waals surface area contributed by atoms with Crippen LogP contribution in [0.2, 0.25) is 0 Å². The summed E-state index contributed by atoms with van der Waals surface area (Å²) in [6.45, 7) is 1.43. The molecule has 4 aromatic rings. The summed E-state index contributed by atoms with van der Waals surface area (Å²) in [7, 11) is -4.40. The van der Waals surface area contributed by atoms with E-state index in [-0.39, 0.29) is 95.6 Å². The van der Waals surface area contributed by atoms with Gasteiger partial charge in [0.15, 0.2) is 23.1 Å². The van der Waals surface area contributed by atoms with E-state index < -0.39 is 58.6 Å². The van der Waals surface area contributed by atoms with Crippen LogP contribution >= 0.6 is 0 Å². The third-order valence-electron chi connectivity index (χ3n) is 12.1. The molecule has 0 radical (unpaired) electrons. The number of nitrogens with zero attached hydrogens (tertiary/aromatic N) is 5. The number of phenolic OH excluding ortho intramolecular Hbond substituents is 1. The van der Waals surface area contributed by atoms with E-state index in [9.17, 15) is 48.0 Å². The molecule has 70 heavy (non-hydrogen) atoms. The normalized spacial score (nSPS) is 19.4. The summed E-state index contributed by atoms with van der Waals surface area (Å²) in [4.78, 5) is 63.0. The molecule has 2 aromatic carbocycles. The zero-order chi connectivity index (χ0) is 49.5. The number of aromatic hydroxyl groups is 1. The summed E-state index contributed by atoms with van der Waals surface area (Å²) < 4.78 is 55.1. The molecule has 3 aliphatic heterocycles. The molecule has 372 valence electrons. The van der Waals surface area contributed by atoms with Gasteiger partial charge in [-0.05, 0) is 80.3 Å². The largest absolute Gasteiger partial charge is 0.508 e. The van der Waals surface area contributed by atoms with Crippen molar-refractivity contribution in [3.8, 4) is 28.2 Å². The van der Waals surface area contributed by atoms with Crippen molar-refractivity contribution in [2.45, 2.75) is 69.1 Å². The number of aromatic nitrogens is 4. The van der Waals surface area contributed by atoms with Crippen LogP contribution in [-0.4, -0.2) is 147 Å². The first-order chi connectivity index (χ1) is 33.7. The van der Waals surface area contributed by atoms with Crippen molar-refractivity contribution < 1.29 is 61.9 Å². The molecule has 1 aliphatic carbocycles. The average molecular weight is 988 g/mol. The molecule has 8 rings (SSSR count). The maximum atomic E-state index is 13.6. The minimum absolute atomic E-state index is 0.0137. The molecule has 23 nitrogen and oxygen atoms in total. The van der Waals surface area contributed by atoms with Crippen LogP contribution in [0.3, 0.4) is 0 Å². The fraction of sp³-hybridized carbons (Fsp3) is 0.413. The van der Waals surface area contributed by atoms with Crippen LogP contribution in [0.5, 0.6) is 5.75 Å². The first kappa shape index (κ1) is 49.8. The standard InChI is InChI=1S/C46H53N9O14S/c47-41-38-42(51-24-50-41)55(25-52-38)45-40(59)39(58)36(69-45)23-54(70(64,65)53-44(61)33-6-5-13-48-33)15-3-1-2-4-16-66-18-19-67-17-14-49-43(60)26-7-10-29(46(62)63)32(20-26)37-30-11-8-27(56)21-34(30)68-35-22-28(57)9-12-31(35)37/h7-12,20-22,24-25,33,36,39-40,45,48,56,58-59H,1-6,13-19,23H2,(H,49,60)(H,53,61)(H,62,63)(H2,47,50,51)/t33-,36+,39+,40+,45+/m0/s1. The number of hydrogen-bond donors (Lipinski definition) is 8. The average Bonchev–Trinajstić information content (AvgIpc) is 4.09. The number of aliphatic hydroxyl groups is 2. The highest BCUT2D eigenvalue weighted by atomic mass is 32.2. The van der Waals surface area contributed by atoms with Crippen LogP contribution in [0.15, 0.2) is 76.5 Å². The number of imidazole rings is 1. The van der Waals surface area contributed by atoms with E-state index in [0.717, 1.165) is 10.7 Å². The number of nitrogens with two attached hydrogens (primary N) is 1. The lowest BCUT2D eigenvalue weighted by atomic mass is 9.89. The molecule has 2 saturated heterocycles. The van der Waals surface area contributed by atoms with Crippen LogP contribution in [0.25, 0.3) is 44.6 Å². The Morgan fingerprint density at radius 3 is 2.51 bits per heavy atom. The van der Waals surface area contributed by atoms with Crippen LogP contribution in [0.1, 0.15) is 65.5 Å². The molecule has 4 aliphatic rings. The second-order valence-corrected chi connectivity index (χ2v) is 18.6. The maximum absolute atomic E-state index is 13.6. The quantitative estimate of drug-likeness (QED) is 0.0355. The molecule has 2 fully saturated rings. The first-order valence-electron chi connectivity index (χ1n) is 22.7. The van der Waals surface area contributed by atoms with Gasteiger partial charge in [-0.25, -0.2) is 24.5 Å². The number of carboxylic acid groups (broad SMARTS) is 1. The number of nitrogen functional groups attached to an aromatic ring is 1. The Morgan fingerprint density at radius 1 is 0.929 bits per heavy atom. The summed E-state index contributed by atoms with van der Waals surface area (Å²) >= 11 is 0. The Morgan fingerprint density at radius 2 is 1.73 bits per heavy atom. The van der Waals surface area contributed by atoms with Crippen molar-refractivity contribution in [2.24, 2.45) is 0 Å². The smallest absolute Gasteiger partial charge is 0.336 e. The third kappa shape index (κ3) is 11.2. The molecule has 2 aromatic heterocycles. The Hall–Kier alpha value is -6.64. The number of benzene rings is 3. The number of phenols is 1. The van der Waals surface area contributed by atoms with Gasteiger partial charge in [0.1, 0.15) is 47.2 Å². The van der Waals surface area contributed by atoms with E-state index in [2.05, 4.69) is 30.3 Å². The van der Waals surface area contributed by atoms with Gasteiger partial charge in [0.05, 0.1) is 37.8 Å². The fourth-order valence-corrected chi connectivity index (χ4v) is 9.82. The lowest BCUT2D eigenvalue weighted by Gasteiger charge is -2.27. The molecule has 24 heteroatoms. The number of ether oxygens (including phenoxy) is 3. The molecule has 0 bridgehead atoms. The summed E-state index contributed by atoms with van der Waals surface area (Å²) in [5, 5.41) is 48.5. The van der Waals surface area contributed by atoms with Crippen LogP contribution in [0, 0.1) is 0 Å². The third-order valence-corrected chi connectivity index (χ3v) is 13.6. The summed E-state index contributed by atoms with van der Waals surface area (Å²) in [5.41, 5.74) is 7.48. The lowest BCUT2D eigenvalue weighted by Crippen LogP contribution is -2.52. The Kier molecular flexibility index (Phi) is 15.6. The SMILES string of the molecule is Nc1ncnc2c1ncn2[C@@H]1O[C@H](CN(CCCCCCOCCOCCNC(=O)c2ccc(C(=O)O)c(-c3c4ccc(=O)cc-4oc4cc(O)ccc34)c2)S(=O)(=O)NC(=O)[C@@H]2CCCN2)[C@@H](O)[C@H]1O. The molecule has 0 saturated carbocycles. The highest BCUT2D eigenvalue weighted by molar-refractivity contribution is 7.87. The molecular weight excluding hydrogens is 935 g/mol. The van der Waals surface area contributed by atoms with Crippen LogP contribution < -0.4 is 26.5 Å². The molecule has 9 N–H and O–H groups in total. The molecule has 0 spiro atoms. The molecule has 2 amide bonds. The van der Waals surface area contributed by atoms with Crippen molar-refractivity contribution in [1.29, 1.82) is 0 Å². The number of aromatic carboxylic acids is 1. The fourth-order valence-electron chi connectivity index (χ4n) is 8.58. The highest BCUT2D eigenvalue weighted by Crippen LogP contribution is 2.42. The maximum Gasteiger partial charge on any atom is 0.336 e. The first-order valence-corrected chi connectivity index (χ1v) is 24.1. The molecule has 5 atom stereocenters. The number of anilines is 1.